The molecular weight excluding hydrogens is 461 g/mol. The molecule has 0 aliphatic rings. The smallest absolute Gasteiger partial charge is 0.251 e. The Morgan fingerprint density at radius 2 is 1.96 bits per heavy atom. The van der Waals surface area contributed by atoms with E-state index in [1.54, 1.807) is 25.4 Å². The number of aryl methyl sites for hydroxylation is 1. The Hall–Kier alpha value is -1.68. The first-order valence-corrected chi connectivity index (χ1v) is 9.17. The van der Waals surface area contributed by atoms with Gasteiger partial charge in [0.1, 0.15) is 0 Å². The molecule has 3 N–H and O–H groups in total. The molecule has 8 heteroatoms. The third-order valence-electron chi connectivity index (χ3n) is 3.71. The topological polar surface area (TPSA) is 78.4 Å². The maximum absolute atomic E-state index is 11.5. The number of aromatic nitrogens is 1. The number of nitrogens with one attached hydrogen (secondary N) is 3. The fourth-order valence-electron chi connectivity index (χ4n) is 2.24. The second-order valence-electron chi connectivity index (χ2n) is 5.45. The van der Waals surface area contributed by atoms with Crippen molar-refractivity contribution in [1.29, 1.82) is 0 Å². The summed E-state index contributed by atoms with van der Waals surface area (Å²) in [5.74, 6) is 0.674. The van der Waals surface area contributed by atoms with Crippen LogP contribution in [-0.2, 0) is 19.4 Å². The monoisotopic (exact) mass is 487 g/mol. The molecule has 1 aromatic heterocycles. The van der Waals surface area contributed by atoms with Crippen LogP contribution in [0.15, 0.2) is 35.5 Å². The summed E-state index contributed by atoms with van der Waals surface area (Å²) in [6, 6.07) is 7.51. The standard InChI is InChI=1S/C18H25N5OS.HI/c1-4-15-12-22-16(25-15)9-10-21-18(20-3)23-11-13-5-7-14(8-6-13)17(24)19-2;/h5-8,12H,4,9-11H2,1-3H3,(H,19,24)(H2,20,21,23);1H. The van der Waals surface area contributed by atoms with Crippen LogP contribution < -0.4 is 16.0 Å². The van der Waals surface area contributed by atoms with Crippen LogP contribution in [0.5, 0.6) is 0 Å². The number of amides is 1. The summed E-state index contributed by atoms with van der Waals surface area (Å²) >= 11 is 1.76. The van der Waals surface area contributed by atoms with Gasteiger partial charge >= 0.3 is 0 Å². The molecule has 2 aromatic rings. The van der Waals surface area contributed by atoms with Crippen molar-refractivity contribution in [3.8, 4) is 0 Å². The quantitative estimate of drug-likeness (QED) is 0.319. The number of aliphatic imine (C=N–C) groups is 1. The zero-order chi connectivity index (χ0) is 18.1. The lowest BCUT2D eigenvalue weighted by Gasteiger charge is -2.11. The third kappa shape index (κ3) is 6.91. The van der Waals surface area contributed by atoms with Crippen LogP contribution in [0.2, 0.25) is 0 Å². The third-order valence-corrected chi connectivity index (χ3v) is 4.91. The van der Waals surface area contributed by atoms with E-state index in [4.69, 9.17) is 0 Å². The Morgan fingerprint density at radius 1 is 1.23 bits per heavy atom. The summed E-state index contributed by atoms with van der Waals surface area (Å²) < 4.78 is 0. The molecule has 1 aromatic carbocycles. The molecule has 0 aliphatic carbocycles. The second kappa shape index (κ2) is 11.8. The molecule has 0 bridgehead atoms. The first-order chi connectivity index (χ1) is 12.2. The number of carbonyl (C=O) groups is 1. The zero-order valence-corrected chi connectivity index (χ0v) is 18.5. The van der Waals surface area contributed by atoms with E-state index in [-0.39, 0.29) is 29.9 Å². The van der Waals surface area contributed by atoms with E-state index in [1.807, 2.05) is 30.5 Å². The van der Waals surface area contributed by atoms with Gasteiger partial charge in [0.05, 0.1) is 5.01 Å². The van der Waals surface area contributed by atoms with E-state index in [0.717, 1.165) is 35.9 Å². The van der Waals surface area contributed by atoms with Crippen molar-refractivity contribution >= 4 is 47.2 Å². The van der Waals surface area contributed by atoms with Crippen molar-refractivity contribution in [3.63, 3.8) is 0 Å². The van der Waals surface area contributed by atoms with E-state index in [2.05, 4.69) is 32.9 Å². The molecule has 0 saturated carbocycles. The van der Waals surface area contributed by atoms with Crippen LogP contribution in [-0.4, -0.2) is 37.5 Å². The lowest BCUT2D eigenvalue weighted by molar-refractivity contribution is 0.0963. The number of hydrogen-bond donors (Lipinski definition) is 3. The number of hydrogen-bond acceptors (Lipinski definition) is 4. The second-order valence-corrected chi connectivity index (χ2v) is 6.65. The number of carbonyl (C=O) groups excluding carboxylic acids is 1. The van der Waals surface area contributed by atoms with Crippen LogP contribution >= 0.6 is 35.3 Å². The Labute approximate surface area is 175 Å². The van der Waals surface area contributed by atoms with Crippen molar-refractivity contribution in [3.05, 3.63) is 51.5 Å². The van der Waals surface area contributed by atoms with Gasteiger partial charge in [-0.05, 0) is 24.1 Å². The molecule has 0 atom stereocenters. The molecule has 0 spiro atoms. The summed E-state index contributed by atoms with van der Waals surface area (Å²) in [5.41, 5.74) is 1.74. The molecule has 0 unspecified atom stereocenters. The largest absolute Gasteiger partial charge is 0.356 e. The van der Waals surface area contributed by atoms with Crippen molar-refractivity contribution in [2.45, 2.75) is 26.3 Å². The number of benzene rings is 1. The molecule has 1 amide bonds. The maximum Gasteiger partial charge on any atom is 0.251 e. The van der Waals surface area contributed by atoms with Gasteiger partial charge in [-0.15, -0.1) is 35.3 Å². The van der Waals surface area contributed by atoms with Gasteiger partial charge in [-0.1, -0.05) is 19.1 Å². The average Bonchev–Trinajstić information content (AvgIpc) is 3.12. The van der Waals surface area contributed by atoms with Crippen molar-refractivity contribution in [2.24, 2.45) is 4.99 Å². The summed E-state index contributed by atoms with van der Waals surface area (Å²) in [6.07, 6.45) is 3.87. The van der Waals surface area contributed by atoms with Crippen LogP contribution in [0.4, 0.5) is 0 Å². The van der Waals surface area contributed by atoms with Gasteiger partial charge in [0, 0.05) is 50.2 Å². The molecular formula is C18H26IN5OS. The minimum atomic E-state index is -0.0783. The van der Waals surface area contributed by atoms with Crippen molar-refractivity contribution in [1.82, 2.24) is 20.9 Å². The Morgan fingerprint density at radius 3 is 2.54 bits per heavy atom. The highest BCUT2D eigenvalue weighted by molar-refractivity contribution is 14.0. The first-order valence-electron chi connectivity index (χ1n) is 8.35. The van der Waals surface area contributed by atoms with Gasteiger partial charge in [-0.3, -0.25) is 9.79 Å². The molecule has 1 heterocycles. The van der Waals surface area contributed by atoms with E-state index >= 15 is 0 Å². The van der Waals surface area contributed by atoms with Crippen LogP contribution in [0.25, 0.3) is 0 Å². The SMILES string of the molecule is CCc1cnc(CCNC(=NC)NCc2ccc(C(=O)NC)cc2)s1.I. The summed E-state index contributed by atoms with van der Waals surface area (Å²) in [5, 5.41) is 10.3. The van der Waals surface area contributed by atoms with Crippen LogP contribution in [0, 0.1) is 0 Å². The normalized spacial score (nSPS) is 10.8. The fraction of sp³-hybridized carbons (Fsp3) is 0.389. The minimum Gasteiger partial charge on any atom is -0.356 e. The van der Waals surface area contributed by atoms with E-state index in [0.29, 0.717) is 12.1 Å². The van der Waals surface area contributed by atoms with Crippen molar-refractivity contribution in [2.75, 3.05) is 20.6 Å². The Kier molecular flexibility index (Phi) is 10.2. The summed E-state index contributed by atoms with van der Waals surface area (Å²) in [4.78, 5) is 21.5. The van der Waals surface area contributed by atoms with E-state index in [9.17, 15) is 4.79 Å². The minimum absolute atomic E-state index is 0. The highest BCUT2D eigenvalue weighted by atomic mass is 127. The number of rotatable bonds is 7. The van der Waals surface area contributed by atoms with Gasteiger partial charge in [-0.25, -0.2) is 4.98 Å². The number of guanidine groups is 1. The molecule has 6 nitrogen and oxygen atoms in total. The number of thiazole rings is 1. The number of halogens is 1. The molecule has 0 fully saturated rings. The van der Waals surface area contributed by atoms with Gasteiger partial charge in [0.15, 0.2) is 5.96 Å². The van der Waals surface area contributed by atoms with Crippen LogP contribution in [0.3, 0.4) is 0 Å². The molecule has 142 valence electrons. The van der Waals surface area contributed by atoms with Gasteiger partial charge in [-0.2, -0.15) is 0 Å². The number of nitrogens with zero attached hydrogens (tertiary/aromatic N) is 2. The highest BCUT2D eigenvalue weighted by Gasteiger charge is 2.04. The molecule has 0 aliphatic heterocycles. The maximum atomic E-state index is 11.5. The van der Waals surface area contributed by atoms with Gasteiger partial charge in [0.2, 0.25) is 0 Å². The lowest BCUT2D eigenvalue weighted by atomic mass is 10.1. The summed E-state index contributed by atoms with van der Waals surface area (Å²) in [7, 11) is 3.38. The van der Waals surface area contributed by atoms with E-state index < -0.39 is 0 Å². The molecule has 0 saturated heterocycles. The lowest BCUT2D eigenvalue weighted by Crippen LogP contribution is -2.37. The average molecular weight is 487 g/mol. The van der Waals surface area contributed by atoms with Gasteiger partial charge < -0.3 is 16.0 Å². The molecule has 2 rings (SSSR count). The molecule has 0 radical (unpaired) electrons. The van der Waals surface area contributed by atoms with Crippen molar-refractivity contribution < 1.29 is 4.79 Å². The van der Waals surface area contributed by atoms with E-state index in [1.165, 1.54) is 4.88 Å². The Balaban J connectivity index is 0.00000338. The fourth-order valence-corrected chi connectivity index (χ4v) is 3.10. The predicted molar refractivity (Wildman–Crippen MR) is 119 cm³/mol. The zero-order valence-electron chi connectivity index (χ0n) is 15.3. The van der Waals surface area contributed by atoms with Crippen LogP contribution in [0.1, 0.15) is 32.7 Å². The molecule has 26 heavy (non-hydrogen) atoms. The predicted octanol–water partition coefficient (Wildman–Crippen LogP) is 2.59. The highest BCUT2D eigenvalue weighted by Crippen LogP contribution is 2.13. The first kappa shape index (κ1) is 22.4. The van der Waals surface area contributed by atoms with Gasteiger partial charge in [0.25, 0.3) is 5.91 Å². The summed E-state index contributed by atoms with van der Waals surface area (Å²) in [6.45, 7) is 3.57. The Bertz CT molecular complexity index is 715.